The molecule has 1 saturated heterocycles. The maximum atomic E-state index is 11.5. The van der Waals surface area contributed by atoms with Crippen molar-refractivity contribution in [3.8, 4) is 0 Å². The Balaban J connectivity index is 2.17. The molecule has 0 bridgehead atoms. The summed E-state index contributed by atoms with van der Waals surface area (Å²) in [6.45, 7) is 5.92. The summed E-state index contributed by atoms with van der Waals surface area (Å²) in [5, 5.41) is 14.0. The lowest BCUT2D eigenvalue weighted by molar-refractivity contribution is -0.383. The largest absolute Gasteiger partial charge is 0.376 e. The standard InChI is InChI=1S/C14H20N4O4S/c1-3-6-15-13-11-12(4-5-14(13)18(19)20)16-7-9-17(10-8-16)23(2,21)22/h3-5,11,15H,1,6-10H2,2H3. The highest BCUT2D eigenvalue weighted by atomic mass is 32.2. The van der Waals surface area contributed by atoms with E-state index in [-0.39, 0.29) is 5.69 Å². The predicted molar refractivity (Wildman–Crippen MR) is 90.4 cm³/mol. The van der Waals surface area contributed by atoms with E-state index in [1.807, 2.05) is 4.90 Å². The first kappa shape index (κ1) is 17.2. The van der Waals surface area contributed by atoms with Gasteiger partial charge in [0.1, 0.15) is 5.69 Å². The van der Waals surface area contributed by atoms with Crippen LogP contribution in [0.1, 0.15) is 0 Å². The van der Waals surface area contributed by atoms with Gasteiger partial charge < -0.3 is 10.2 Å². The van der Waals surface area contributed by atoms with E-state index in [9.17, 15) is 18.5 Å². The Morgan fingerprint density at radius 3 is 2.52 bits per heavy atom. The zero-order chi connectivity index (χ0) is 17.0. The second-order valence-corrected chi connectivity index (χ2v) is 7.26. The van der Waals surface area contributed by atoms with Crippen molar-refractivity contribution < 1.29 is 13.3 Å². The number of nitrogens with zero attached hydrogens (tertiary/aromatic N) is 3. The van der Waals surface area contributed by atoms with Gasteiger partial charge in [-0.1, -0.05) is 6.08 Å². The van der Waals surface area contributed by atoms with Crippen LogP contribution in [0.3, 0.4) is 0 Å². The molecule has 1 N–H and O–H groups in total. The molecule has 1 aliphatic rings. The number of anilines is 2. The minimum atomic E-state index is -3.18. The Morgan fingerprint density at radius 1 is 1.35 bits per heavy atom. The van der Waals surface area contributed by atoms with Gasteiger partial charge in [0, 0.05) is 44.5 Å². The Bertz CT molecular complexity index is 697. The molecule has 0 aromatic heterocycles. The monoisotopic (exact) mass is 340 g/mol. The summed E-state index contributed by atoms with van der Waals surface area (Å²) in [5.41, 5.74) is 1.26. The van der Waals surface area contributed by atoms with Crippen molar-refractivity contribution in [1.82, 2.24) is 4.31 Å². The van der Waals surface area contributed by atoms with Crippen LogP contribution in [0.2, 0.25) is 0 Å². The van der Waals surface area contributed by atoms with Gasteiger partial charge in [0.05, 0.1) is 11.2 Å². The number of piperazine rings is 1. The smallest absolute Gasteiger partial charge is 0.292 e. The fourth-order valence-electron chi connectivity index (χ4n) is 2.48. The zero-order valence-electron chi connectivity index (χ0n) is 12.9. The summed E-state index contributed by atoms with van der Waals surface area (Å²) >= 11 is 0. The molecular weight excluding hydrogens is 320 g/mol. The van der Waals surface area contributed by atoms with E-state index in [2.05, 4.69) is 11.9 Å². The van der Waals surface area contributed by atoms with Crippen LogP contribution < -0.4 is 10.2 Å². The molecule has 9 heteroatoms. The average molecular weight is 340 g/mol. The van der Waals surface area contributed by atoms with Gasteiger partial charge in [0.15, 0.2) is 0 Å². The first-order chi connectivity index (χ1) is 10.8. The predicted octanol–water partition coefficient (Wildman–Crippen LogP) is 1.27. The van der Waals surface area contributed by atoms with Gasteiger partial charge in [-0.15, -0.1) is 6.58 Å². The lowest BCUT2D eigenvalue weighted by atomic mass is 10.2. The van der Waals surface area contributed by atoms with E-state index in [4.69, 9.17) is 0 Å². The number of rotatable bonds is 6. The Labute approximate surface area is 135 Å². The number of nitrogens with one attached hydrogen (secondary N) is 1. The third kappa shape index (κ3) is 4.20. The molecule has 0 saturated carbocycles. The maximum Gasteiger partial charge on any atom is 0.292 e. The van der Waals surface area contributed by atoms with Gasteiger partial charge in [0.2, 0.25) is 10.0 Å². The van der Waals surface area contributed by atoms with E-state index >= 15 is 0 Å². The summed E-state index contributed by atoms with van der Waals surface area (Å²) in [4.78, 5) is 12.7. The fourth-order valence-corrected chi connectivity index (χ4v) is 3.31. The second-order valence-electron chi connectivity index (χ2n) is 5.28. The molecule has 1 aliphatic heterocycles. The number of hydrogen-bond donors (Lipinski definition) is 1. The van der Waals surface area contributed by atoms with Gasteiger partial charge in [0.25, 0.3) is 5.69 Å². The molecule has 1 fully saturated rings. The first-order valence-corrected chi connectivity index (χ1v) is 9.01. The number of nitro groups is 1. The molecule has 0 atom stereocenters. The third-order valence-electron chi connectivity index (χ3n) is 3.69. The molecule has 0 unspecified atom stereocenters. The van der Waals surface area contributed by atoms with Crippen LogP contribution in [0, 0.1) is 10.1 Å². The van der Waals surface area contributed by atoms with Gasteiger partial charge in [-0.05, 0) is 12.1 Å². The van der Waals surface area contributed by atoms with Crippen LogP contribution in [-0.2, 0) is 10.0 Å². The van der Waals surface area contributed by atoms with Crippen LogP contribution in [-0.4, -0.2) is 56.6 Å². The van der Waals surface area contributed by atoms with Crippen LogP contribution >= 0.6 is 0 Å². The lowest BCUT2D eigenvalue weighted by Gasteiger charge is -2.34. The van der Waals surface area contributed by atoms with Gasteiger partial charge in [-0.25, -0.2) is 8.42 Å². The van der Waals surface area contributed by atoms with Crippen LogP contribution in [0.5, 0.6) is 0 Å². The summed E-state index contributed by atoms with van der Waals surface area (Å²) in [5.74, 6) is 0. The summed E-state index contributed by atoms with van der Waals surface area (Å²) < 4.78 is 24.5. The molecule has 2 rings (SSSR count). The van der Waals surface area contributed by atoms with Crippen molar-refractivity contribution in [3.05, 3.63) is 41.0 Å². The van der Waals surface area contributed by atoms with Crippen molar-refractivity contribution >= 4 is 27.1 Å². The number of sulfonamides is 1. The molecule has 23 heavy (non-hydrogen) atoms. The van der Waals surface area contributed by atoms with Crippen molar-refractivity contribution in [2.75, 3.05) is 49.2 Å². The maximum absolute atomic E-state index is 11.5. The van der Waals surface area contributed by atoms with E-state index in [1.165, 1.54) is 16.6 Å². The summed E-state index contributed by atoms with van der Waals surface area (Å²) in [7, 11) is -3.18. The van der Waals surface area contributed by atoms with Gasteiger partial charge in [-0.2, -0.15) is 4.31 Å². The first-order valence-electron chi connectivity index (χ1n) is 7.16. The molecule has 1 aromatic rings. The van der Waals surface area contributed by atoms with Gasteiger partial charge >= 0.3 is 0 Å². The van der Waals surface area contributed by atoms with Crippen LogP contribution in [0.4, 0.5) is 17.1 Å². The Kier molecular flexibility index (Phi) is 5.22. The highest BCUT2D eigenvalue weighted by Crippen LogP contribution is 2.30. The van der Waals surface area contributed by atoms with Crippen LogP contribution in [0.25, 0.3) is 0 Å². The summed E-state index contributed by atoms with van der Waals surface area (Å²) in [6.07, 6.45) is 2.83. The Morgan fingerprint density at radius 2 is 2.00 bits per heavy atom. The van der Waals surface area contributed by atoms with Crippen molar-refractivity contribution in [1.29, 1.82) is 0 Å². The molecule has 1 heterocycles. The molecule has 0 aliphatic carbocycles. The molecular formula is C14H20N4O4S. The van der Waals surface area contributed by atoms with Crippen molar-refractivity contribution in [2.45, 2.75) is 0 Å². The molecule has 8 nitrogen and oxygen atoms in total. The molecule has 0 radical (unpaired) electrons. The highest BCUT2D eigenvalue weighted by molar-refractivity contribution is 7.88. The number of hydrogen-bond acceptors (Lipinski definition) is 6. The molecule has 1 aromatic carbocycles. The van der Waals surface area contributed by atoms with Crippen LogP contribution in [0.15, 0.2) is 30.9 Å². The Hall–Kier alpha value is -2.13. The molecule has 126 valence electrons. The average Bonchev–Trinajstić information content (AvgIpc) is 2.51. The van der Waals surface area contributed by atoms with E-state index in [0.717, 1.165) is 5.69 Å². The van der Waals surface area contributed by atoms with E-state index in [0.29, 0.717) is 38.4 Å². The highest BCUT2D eigenvalue weighted by Gasteiger charge is 2.24. The topological polar surface area (TPSA) is 95.8 Å². The zero-order valence-corrected chi connectivity index (χ0v) is 13.8. The van der Waals surface area contributed by atoms with E-state index < -0.39 is 14.9 Å². The summed E-state index contributed by atoms with van der Waals surface area (Å²) in [6, 6.07) is 4.87. The fraction of sp³-hybridized carbons (Fsp3) is 0.429. The molecule has 0 spiro atoms. The number of nitro benzene ring substituents is 1. The normalized spacial score (nSPS) is 16.1. The minimum absolute atomic E-state index is 0.00497. The molecule has 0 amide bonds. The third-order valence-corrected chi connectivity index (χ3v) is 4.99. The lowest BCUT2D eigenvalue weighted by Crippen LogP contribution is -2.48. The van der Waals surface area contributed by atoms with E-state index in [1.54, 1.807) is 18.2 Å². The number of benzene rings is 1. The van der Waals surface area contributed by atoms with Crippen molar-refractivity contribution in [2.24, 2.45) is 0 Å². The minimum Gasteiger partial charge on any atom is -0.376 e. The SMILES string of the molecule is C=CCNc1cc(N2CCN(S(C)(=O)=O)CC2)ccc1[N+](=O)[O-]. The van der Waals surface area contributed by atoms with Gasteiger partial charge in [-0.3, -0.25) is 10.1 Å². The second kappa shape index (κ2) is 6.97. The van der Waals surface area contributed by atoms with Crippen molar-refractivity contribution in [3.63, 3.8) is 0 Å². The quantitative estimate of drug-likeness (QED) is 0.476.